The molecule has 0 aromatic carbocycles. The molecule has 2 N–H and O–H groups in total. The van der Waals surface area contributed by atoms with Crippen molar-refractivity contribution >= 4 is 28.2 Å². The number of thiophene rings is 1. The van der Waals surface area contributed by atoms with Crippen LogP contribution in [0.2, 0.25) is 0 Å². The molecule has 0 radical (unpaired) electrons. The van der Waals surface area contributed by atoms with Crippen molar-refractivity contribution in [3.63, 3.8) is 0 Å². The van der Waals surface area contributed by atoms with Gasteiger partial charge in [-0.1, -0.05) is 0 Å². The third kappa shape index (κ3) is 3.60. The fraction of sp³-hybridized carbons (Fsp3) is 0.500. The summed E-state index contributed by atoms with van der Waals surface area (Å²) in [5.74, 6) is -1.34. The molecule has 1 amide bonds. The zero-order valence-electron chi connectivity index (χ0n) is 12.8. The molecule has 21 heavy (non-hydrogen) atoms. The summed E-state index contributed by atoms with van der Waals surface area (Å²) in [4.78, 5) is 25.6. The molecule has 1 rings (SSSR count). The molecule has 0 aliphatic carbocycles. The van der Waals surface area contributed by atoms with Gasteiger partial charge in [-0.15, -0.1) is 11.3 Å². The van der Waals surface area contributed by atoms with Crippen molar-refractivity contribution < 1.29 is 14.7 Å². The number of likely N-dealkylation sites (N-methyl/N-ethyl adjacent to an activating group) is 1. The van der Waals surface area contributed by atoms with Gasteiger partial charge in [0.2, 0.25) is 5.91 Å². The second-order valence-electron chi connectivity index (χ2n) is 5.37. The molecule has 1 heterocycles. The normalized spacial score (nSPS) is 11.3. The maximum Gasteiger partial charge on any atom is 0.323 e. The summed E-state index contributed by atoms with van der Waals surface area (Å²) in [7, 11) is 1.57. The predicted octanol–water partition coefficient (Wildman–Crippen LogP) is 1.97. The van der Waals surface area contributed by atoms with Crippen molar-refractivity contribution in [1.82, 2.24) is 4.90 Å². The van der Waals surface area contributed by atoms with E-state index >= 15 is 0 Å². The van der Waals surface area contributed by atoms with Crippen LogP contribution in [-0.4, -0.2) is 41.0 Å². The van der Waals surface area contributed by atoms with E-state index in [4.69, 9.17) is 10.4 Å². The Morgan fingerprint density at radius 2 is 2.00 bits per heavy atom. The molecule has 0 unspecified atom stereocenters. The van der Waals surface area contributed by atoms with Crippen molar-refractivity contribution in [3.8, 4) is 6.07 Å². The third-order valence-electron chi connectivity index (χ3n) is 3.61. The lowest BCUT2D eigenvalue weighted by Crippen LogP contribution is -2.50. The van der Waals surface area contributed by atoms with Gasteiger partial charge in [-0.25, -0.2) is 0 Å². The minimum atomic E-state index is -1.14. The fourth-order valence-electron chi connectivity index (χ4n) is 1.59. The summed E-state index contributed by atoms with van der Waals surface area (Å²) in [6.07, 6.45) is 0. The van der Waals surface area contributed by atoms with E-state index < -0.39 is 11.5 Å². The summed E-state index contributed by atoms with van der Waals surface area (Å²) in [5.41, 5.74) is 0.180. The van der Waals surface area contributed by atoms with Gasteiger partial charge in [-0.05, 0) is 40.3 Å². The van der Waals surface area contributed by atoms with Gasteiger partial charge in [0.1, 0.15) is 16.6 Å². The Morgan fingerprint density at radius 1 is 1.43 bits per heavy atom. The summed E-state index contributed by atoms with van der Waals surface area (Å²) in [6.45, 7) is 6.71. The Bertz CT molecular complexity index is 614. The van der Waals surface area contributed by atoms with Crippen LogP contribution in [0.5, 0.6) is 0 Å². The van der Waals surface area contributed by atoms with E-state index in [0.29, 0.717) is 10.6 Å². The number of nitrogens with one attached hydrogen (secondary N) is 1. The van der Waals surface area contributed by atoms with E-state index in [0.717, 1.165) is 10.4 Å². The number of carboxylic acids is 1. The van der Waals surface area contributed by atoms with Gasteiger partial charge in [-0.3, -0.25) is 14.5 Å². The minimum absolute atomic E-state index is 0.0693. The molecule has 0 saturated carbocycles. The predicted molar refractivity (Wildman–Crippen MR) is 81.5 cm³/mol. The first-order valence-corrected chi connectivity index (χ1v) is 7.17. The lowest BCUT2D eigenvalue weighted by Gasteiger charge is -2.30. The smallest absolute Gasteiger partial charge is 0.323 e. The molecule has 0 fully saturated rings. The summed E-state index contributed by atoms with van der Waals surface area (Å²) >= 11 is 1.35. The molecule has 7 heteroatoms. The van der Waals surface area contributed by atoms with Crippen LogP contribution < -0.4 is 5.32 Å². The number of aliphatic carboxylic acids is 1. The Labute approximate surface area is 128 Å². The summed E-state index contributed by atoms with van der Waals surface area (Å²) in [5, 5.41) is 21.4. The number of hydrogen-bond acceptors (Lipinski definition) is 5. The molecular weight excluding hydrogens is 290 g/mol. The largest absolute Gasteiger partial charge is 0.480 e. The number of carbonyl (C=O) groups is 2. The average molecular weight is 309 g/mol. The van der Waals surface area contributed by atoms with Crippen LogP contribution in [0.25, 0.3) is 0 Å². The van der Waals surface area contributed by atoms with Gasteiger partial charge < -0.3 is 10.4 Å². The maximum absolute atomic E-state index is 12.0. The Kier molecular flexibility index (Phi) is 5.10. The molecule has 0 spiro atoms. The van der Waals surface area contributed by atoms with Crippen LogP contribution in [0.15, 0.2) is 0 Å². The quantitative estimate of drug-likeness (QED) is 0.867. The number of aryl methyl sites for hydroxylation is 1. The summed E-state index contributed by atoms with van der Waals surface area (Å²) in [6, 6.07) is 2.08. The molecule has 0 atom stereocenters. The monoisotopic (exact) mass is 309 g/mol. The van der Waals surface area contributed by atoms with Gasteiger partial charge in [-0.2, -0.15) is 5.26 Å². The van der Waals surface area contributed by atoms with Crippen LogP contribution in [0.3, 0.4) is 0 Å². The van der Waals surface area contributed by atoms with Gasteiger partial charge in [0, 0.05) is 4.88 Å². The first-order chi connectivity index (χ1) is 9.61. The van der Waals surface area contributed by atoms with E-state index in [-0.39, 0.29) is 12.5 Å². The van der Waals surface area contributed by atoms with Crippen LogP contribution in [0, 0.1) is 25.2 Å². The van der Waals surface area contributed by atoms with Gasteiger partial charge in [0.15, 0.2) is 0 Å². The van der Waals surface area contributed by atoms with Crippen molar-refractivity contribution in [1.29, 1.82) is 5.26 Å². The third-order valence-corrected chi connectivity index (χ3v) is 4.73. The highest BCUT2D eigenvalue weighted by atomic mass is 32.1. The first kappa shape index (κ1) is 17.1. The highest BCUT2D eigenvalue weighted by molar-refractivity contribution is 7.16. The SMILES string of the molecule is Cc1sc(NC(=O)CN(C)C(C)(C)C(=O)O)c(C#N)c1C. The molecule has 6 nitrogen and oxygen atoms in total. The number of nitrogens with zero attached hydrogens (tertiary/aromatic N) is 2. The van der Waals surface area contributed by atoms with Crippen LogP contribution in [0.4, 0.5) is 5.00 Å². The number of nitriles is 1. The molecule has 0 bridgehead atoms. The lowest BCUT2D eigenvalue weighted by molar-refractivity contribution is -0.148. The highest BCUT2D eigenvalue weighted by Crippen LogP contribution is 2.31. The lowest BCUT2D eigenvalue weighted by atomic mass is 10.0. The Hall–Kier alpha value is -1.91. The zero-order chi connectivity index (χ0) is 16.4. The molecule has 1 aromatic heterocycles. The Morgan fingerprint density at radius 3 is 2.48 bits per heavy atom. The van der Waals surface area contributed by atoms with Crippen molar-refractivity contribution in [2.45, 2.75) is 33.2 Å². The maximum atomic E-state index is 12.0. The van der Waals surface area contributed by atoms with Gasteiger partial charge >= 0.3 is 5.97 Å². The minimum Gasteiger partial charge on any atom is -0.480 e. The molecule has 1 aromatic rings. The molecule has 0 saturated heterocycles. The number of rotatable bonds is 5. The first-order valence-electron chi connectivity index (χ1n) is 6.35. The van der Waals surface area contributed by atoms with Crippen LogP contribution >= 0.6 is 11.3 Å². The number of anilines is 1. The highest BCUT2D eigenvalue weighted by Gasteiger charge is 2.33. The Balaban J connectivity index is 2.82. The molecule has 0 aliphatic heterocycles. The van der Waals surface area contributed by atoms with Gasteiger partial charge in [0.25, 0.3) is 0 Å². The summed E-state index contributed by atoms with van der Waals surface area (Å²) < 4.78 is 0. The van der Waals surface area contributed by atoms with E-state index in [1.54, 1.807) is 7.05 Å². The van der Waals surface area contributed by atoms with Crippen molar-refractivity contribution in [2.75, 3.05) is 18.9 Å². The van der Waals surface area contributed by atoms with E-state index in [2.05, 4.69) is 11.4 Å². The molecule has 114 valence electrons. The second-order valence-corrected chi connectivity index (χ2v) is 6.59. The number of carboxylic acid groups (broad SMARTS) is 1. The topological polar surface area (TPSA) is 93.4 Å². The van der Waals surface area contributed by atoms with E-state index in [9.17, 15) is 9.59 Å². The van der Waals surface area contributed by atoms with Crippen LogP contribution in [0.1, 0.15) is 29.9 Å². The van der Waals surface area contributed by atoms with Crippen molar-refractivity contribution in [2.24, 2.45) is 0 Å². The zero-order valence-corrected chi connectivity index (χ0v) is 13.6. The number of hydrogen-bond donors (Lipinski definition) is 2. The van der Waals surface area contributed by atoms with Crippen LogP contribution in [-0.2, 0) is 9.59 Å². The molecule has 0 aliphatic rings. The van der Waals surface area contributed by atoms with Crippen molar-refractivity contribution in [3.05, 3.63) is 16.0 Å². The van der Waals surface area contributed by atoms with E-state index in [1.165, 1.54) is 30.1 Å². The average Bonchev–Trinajstić information content (AvgIpc) is 2.63. The number of carbonyl (C=O) groups excluding carboxylic acids is 1. The standard InChI is InChI=1S/C14H19N3O3S/c1-8-9(2)21-12(10(8)6-15)16-11(18)7-17(5)14(3,4)13(19)20/h7H2,1-5H3,(H,16,18)(H,19,20). The fourth-order valence-corrected chi connectivity index (χ4v) is 2.62. The van der Waals surface area contributed by atoms with E-state index in [1.807, 2.05) is 13.8 Å². The second kappa shape index (κ2) is 6.24. The molecular formula is C14H19N3O3S. The van der Waals surface area contributed by atoms with Gasteiger partial charge in [0.05, 0.1) is 12.1 Å². The number of amides is 1.